The van der Waals surface area contributed by atoms with Crippen LogP contribution in [-0.4, -0.2) is 30.3 Å². The van der Waals surface area contributed by atoms with Gasteiger partial charge in [0.15, 0.2) is 0 Å². The van der Waals surface area contributed by atoms with Crippen LogP contribution in [0.4, 0.5) is 5.69 Å². The lowest BCUT2D eigenvalue weighted by atomic mass is 10.0. The van der Waals surface area contributed by atoms with Gasteiger partial charge in [-0.3, -0.25) is 19.4 Å². The first-order valence-corrected chi connectivity index (χ1v) is 7.68. The van der Waals surface area contributed by atoms with Gasteiger partial charge in [-0.05, 0) is 49.7 Å². The number of aryl methyl sites for hydroxylation is 2. The monoisotopic (exact) mass is 308 g/mol. The number of anilines is 1. The van der Waals surface area contributed by atoms with E-state index in [0.29, 0.717) is 17.9 Å². The molecule has 3 rings (SSSR count). The van der Waals surface area contributed by atoms with Crippen molar-refractivity contribution in [3.8, 4) is 0 Å². The zero-order valence-electron chi connectivity index (χ0n) is 13.7. The van der Waals surface area contributed by atoms with Crippen molar-refractivity contribution < 1.29 is 9.59 Å². The maximum Gasteiger partial charge on any atom is 0.300 e. The minimum atomic E-state index is -0.445. The molecule has 1 heterocycles. The summed E-state index contributed by atoms with van der Waals surface area (Å²) in [6.07, 6.45) is 0. The van der Waals surface area contributed by atoms with Crippen molar-refractivity contribution in [1.29, 1.82) is 0 Å². The van der Waals surface area contributed by atoms with Crippen LogP contribution in [-0.2, 0) is 11.3 Å². The van der Waals surface area contributed by atoms with E-state index in [1.807, 2.05) is 25.2 Å². The zero-order valence-corrected chi connectivity index (χ0v) is 13.7. The Hall–Kier alpha value is -2.46. The molecule has 0 aromatic heterocycles. The Morgan fingerprint density at radius 2 is 1.61 bits per heavy atom. The van der Waals surface area contributed by atoms with Crippen molar-refractivity contribution >= 4 is 17.4 Å². The summed E-state index contributed by atoms with van der Waals surface area (Å²) in [5.74, 6) is -0.861. The number of hydrogen-bond donors (Lipinski definition) is 0. The Bertz CT molecular complexity index is 762. The van der Waals surface area contributed by atoms with Crippen molar-refractivity contribution in [2.75, 3.05) is 18.6 Å². The van der Waals surface area contributed by atoms with Gasteiger partial charge in [0, 0.05) is 6.54 Å². The third-order valence-electron chi connectivity index (χ3n) is 4.33. The summed E-state index contributed by atoms with van der Waals surface area (Å²) in [7, 11) is 1.96. The minimum absolute atomic E-state index is 0.398. The number of benzene rings is 2. The van der Waals surface area contributed by atoms with Gasteiger partial charge < -0.3 is 0 Å². The van der Waals surface area contributed by atoms with Crippen LogP contribution in [0.5, 0.6) is 0 Å². The highest BCUT2D eigenvalue weighted by atomic mass is 16.2. The zero-order chi connectivity index (χ0) is 16.6. The van der Waals surface area contributed by atoms with Crippen LogP contribution in [0.15, 0.2) is 42.5 Å². The van der Waals surface area contributed by atoms with E-state index in [4.69, 9.17) is 0 Å². The van der Waals surface area contributed by atoms with Crippen LogP contribution in [0.2, 0.25) is 0 Å². The number of rotatable bonds is 4. The highest BCUT2D eigenvalue weighted by Gasteiger charge is 2.35. The van der Waals surface area contributed by atoms with Gasteiger partial charge in [0.25, 0.3) is 5.78 Å². The quantitative estimate of drug-likeness (QED) is 0.815. The van der Waals surface area contributed by atoms with Gasteiger partial charge >= 0.3 is 5.91 Å². The molecule has 1 aliphatic rings. The van der Waals surface area contributed by atoms with Crippen LogP contribution < -0.4 is 4.90 Å². The molecule has 1 aliphatic heterocycles. The fourth-order valence-electron chi connectivity index (χ4n) is 3.05. The van der Waals surface area contributed by atoms with E-state index in [0.717, 1.165) is 6.54 Å². The van der Waals surface area contributed by atoms with Crippen molar-refractivity contribution in [3.63, 3.8) is 0 Å². The number of para-hydroxylation sites is 1. The average Bonchev–Trinajstić information content (AvgIpc) is 2.77. The first-order valence-electron chi connectivity index (χ1n) is 7.68. The molecule has 1 amide bonds. The number of carbonyl (C=O) groups excluding carboxylic acids is 2. The topological polar surface area (TPSA) is 40.6 Å². The fraction of sp³-hybridized carbons (Fsp3) is 0.263. The van der Waals surface area contributed by atoms with Gasteiger partial charge in [-0.2, -0.15) is 0 Å². The first kappa shape index (κ1) is 15.4. The van der Waals surface area contributed by atoms with Gasteiger partial charge in [-0.1, -0.05) is 30.3 Å². The van der Waals surface area contributed by atoms with Gasteiger partial charge in [-0.15, -0.1) is 0 Å². The molecule has 0 saturated carbocycles. The Morgan fingerprint density at radius 1 is 0.957 bits per heavy atom. The number of Topliss-reactive ketones (excluding diaryl/α,β-unsaturated/α-hetero) is 1. The van der Waals surface area contributed by atoms with Crippen molar-refractivity contribution in [2.45, 2.75) is 20.4 Å². The standard InChI is InChI=1S/C19H20N2O2/c1-13-7-6-8-14(2)16(13)11-20(3)12-21-17-10-5-4-9-15(17)18(22)19(21)23/h4-10H,11-12H2,1-3H3. The second kappa shape index (κ2) is 5.97. The van der Waals surface area contributed by atoms with Gasteiger partial charge in [0.1, 0.15) is 0 Å². The summed E-state index contributed by atoms with van der Waals surface area (Å²) in [6, 6.07) is 13.4. The molecular formula is C19H20N2O2. The summed E-state index contributed by atoms with van der Waals surface area (Å²) in [6.45, 7) is 5.32. The molecule has 2 aromatic rings. The number of amides is 1. The molecule has 118 valence electrons. The molecule has 0 aliphatic carbocycles. The molecular weight excluding hydrogens is 288 g/mol. The van der Waals surface area contributed by atoms with E-state index in [1.165, 1.54) is 16.7 Å². The average molecular weight is 308 g/mol. The van der Waals surface area contributed by atoms with Crippen molar-refractivity contribution in [1.82, 2.24) is 4.90 Å². The Labute approximate surface area is 136 Å². The molecule has 4 heteroatoms. The van der Waals surface area contributed by atoms with E-state index in [9.17, 15) is 9.59 Å². The van der Waals surface area contributed by atoms with Crippen LogP contribution in [0, 0.1) is 13.8 Å². The molecule has 0 bridgehead atoms. The molecule has 0 radical (unpaired) electrons. The summed E-state index contributed by atoms with van der Waals surface area (Å²) >= 11 is 0. The third kappa shape index (κ3) is 2.78. The highest BCUT2D eigenvalue weighted by Crippen LogP contribution is 2.28. The predicted molar refractivity (Wildman–Crippen MR) is 90.5 cm³/mol. The maximum absolute atomic E-state index is 12.2. The normalized spacial score (nSPS) is 13.8. The Balaban J connectivity index is 1.80. The van der Waals surface area contributed by atoms with E-state index in [2.05, 4.69) is 30.9 Å². The lowest BCUT2D eigenvalue weighted by molar-refractivity contribution is -0.114. The molecule has 0 atom stereocenters. The van der Waals surface area contributed by atoms with Crippen molar-refractivity contribution in [2.24, 2.45) is 0 Å². The minimum Gasteiger partial charge on any atom is -0.291 e. The maximum atomic E-state index is 12.2. The van der Waals surface area contributed by atoms with E-state index in [1.54, 1.807) is 17.0 Å². The predicted octanol–water partition coefficient (Wildman–Crippen LogP) is 2.92. The number of fused-ring (bicyclic) bond motifs is 1. The molecule has 0 saturated heterocycles. The largest absolute Gasteiger partial charge is 0.300 e. The number of carbonyl (C=O) groups is 2. The van der Waals surface area contributed by atoms with E-state index >= 15 is 0 Å². The summed E-state index contributed by atoms with van der Waals surface area (Å²) in [5.41, 5.74) is 4.94. The second-order valence-electron chi connectivity index (χ2n) is 6.11. The second-order valence-corrected chi connectivity index (χ2v) is 6.11. The molecule has 0 spiro atoms. The Morgan fingerprint density at radius 3 is 2.30 bits per heavy atom. The van der Waals surface area contributed by atoms with Gasteiger partial charge in [0.05, 0.1) is 17.9 Å². The Kier molecular flexibility index (Phi) is 4.01. The molecule has 23 heavy (non-hydrogen) atoms. The molecule has 0 fully saturated rings. The molecule has 4 nitrogen and oxygen atoms in total. The van der Waals surface area contributed by atoms with Crippen LogP contribution in [0.25, 0.3) is 0 Å². The third-order valence-corrected chi connectivity index (χ3v) is 4.33. The lowest BCUT2D eigenvalue weighted by Gasteiger charge is -2.25. The number of ketones is 1. The SMILES string of the molecule is Cc1cccc(C)c1CN(C)CN1C(=O)C(=O)c2ccccc21. The lowest BCUT2D eigenvalue weighted by Crippen LogP contribution is -2.39. The highest BCUT2D eigenvalue weighted by molar-refractivity contribution is 6.52. The molecule has 2 aromatic carbocycles. The van der Waals surface area contributed by atoms with E-state index < -0.39 is 11.7 Å². The van der Waals surface area contributed by atoms with Crippen LogP contribution in [0.3, 0.4) is 0 Å². The summed E-state index contributed by atoms with van der Waals surface area (Å²) < 4.78 is 0. The first-order chi connectivity index (χ1) is 11.0. The van der Waals surface area contributed by atoms with E-state index in [-0.39, 0.29) is 0 Å². The van der Waals surface area contributed by atoms with Gasteiger partial charge in [0.2, 0.25) is 0 Å². The van der Waals surface area contributed by atoms with Crippen molar-refractivity contribution in [3.05, 3.63) is 64.7 Å². The fourth-order valence-corrected chi connectivity index (χ4v) is 3.05. The number of nitrogens with zero attached hydrogens (tertiary/aromatic N) is 2. The number of hydrogen-bond acceptors (Lipinski definition) is 3. The van der Waals surface area contributed by atoms with Crippen LogP contribution >= 0.6 is 0 Å². The summed E-state index contributed by atoms with van der Waals surface area (Å²) in [4.78, 5) is 27.9. The summed E-state index contributed by atoms with van der Waals surface area (Å²) in [5, 5.41) is 0. The molecule has 0 N–H and O–H groups in total. The molecule has 0 unspecified atom stereocenters. The van der Waals surface area contributed by atoms with Crippen LogP contribution in [0.1, 0.15) is 27.0 Å². The smallest absolute Gasteiger partial charge is 0.291 e. The van der Waals surface area contributed by atoms with Gasteiger partial charge in [-0.25, -0.2) is 0 Å².